The molecule has 24 rings (SSSR count). The van der Waals surface area contributed by atoms with Crippen molar-refractivity contribution in [1.29, 1.82) is 0 Å². The van der Waals surface area contributed by atoms with Gasteiger partial charge in [-0.2, -0.15) is 0 Å². The molecule has 0 spiro atoms. The van der Waals surface area contributed by atoms with Crippen LogP contribution in [-0.2, 0) is 10.8 Å². The average Bonchev–Trinajstić information content (AvgIpc) is 0.787. The van der Waals surface area contributed by atoms with Gasteiger partial charge in [-0.25, -0.2) is 0 Å². The first-order valence-electron chi connectivity index (χ1n) is 50.1. The van der Waals surface area contributed by atoms with Gasteiger partial charge in [-0.3, -0.25) is 0 Å². The largest absolute Gasteiger partial charge is 0.456 e. The van der Waals surface area contributed by atoms with Crippen LogP contribution >= 0.6 is 0 Å². The molecular formula is C134H113BN4O. The highest BCUT2D eigenvalue weighted by molar-refractivity contribution is 7.00. The Morgan fingerprint density at radius 3 is 0.893 bits per heavy atom. The second-order valence-electron chi connectivity index (χ2n) is 42.4. The van der Waals surface area contributed by atoms with Crippen LogP contribution in [0.1, 0.15) is 154 Å². The van der Waals surface area contributed by atoms with Crippen molar-refractivity contribution in [2.24, 2.45) is 0 Å². The normalized spacial score (nSPS) is 12.7. The van der Waals surface area contributed by atoms with Crippen molar-refractivity contribution in [1.82, 2.24) is 9.13 Å². The first-order chi connectivity index (χ1) is 68.0. The topological polar surface area (TPSA) is 29.5 Å². The molecule has 5 heterocycles. The molecule has 0 fully saturated rings. The third-order valence-electron chi connectivity index (χ3n) is 30.1. The summed E-state index contributed by atoms with van der Waals surface area (Å²) in [4.78, 5) is 5.55. The minimum absolute atomic E-state index is 0.314. The lowest BCUT2D eigenvalue weighted by Gasteiger charge is -2.46. The molecular weight excluding hydrogens is 1690 g/mol. The van der Waals surface area contributed by atoms with E-state index < -0.39 is 0 Å². The second kappa shape index (κ2) is 34.1. The van der Waals surface area contributed by atoms with Gasteiger partial charge < -0.3 is 23.4 Å². The molecule has 3 aromatic heterocycles. The second-order valence-corrected chi connectivity index (χ2v) is 42.4. The summed E-state index contributed by atoms with van der Waals surface area (Å²) in [5, 5.41) is 7.13. The smallest absolute Gasteiger partial charge is 0.252 e. The number of furan rings is 1. The third-order valence-corrected chi connectivity index (χ3v) is 30.1. The molecule has 678 valence electrons. The Hall–Kier alpha value is -15.8. The van der Waals surface area contributed by atoms with Crippen molar-refractivity contribution in [3.05, 3.63) is 440 Å². The molecule has 0 N–H and O–H groups in total. The maximum Gasteiger partial charge on any atom is 0.252 e. The molecule has 0 bridgehead atoms. The van der Waals surface area contributed by atoms with Gasteiger partial charge in [0.05, 0.1) is 33.4 Å². The molecule has 0 radical (unpaired) electrons. The van der Waals surface area contributed by atoms with Crippen LogP contribution < -0.4 is 26.2 Å². The van der Waals surface area contributed by atoms with Crippen molar-refractivity contribution >= 4 is 123 Å². The summed E-state index contributed by atoms with van der Waals surface area (Å²) in [7, 11) is 0. The van der Waals surface area contributed by atoms with Crippen molar-refractivity contribution in [2.45, 2.75) is 131 Å². The molecule has 0 amide bonds. The van der Waals surface area contributed by atoms with Gasteiger partial charge in [0, 0.05) is 88.7 Å². The molecule has 19 aromatic carbocycles. The Labute approximate surface area is 823 Å². The highest BCUT2D eigenvalue weighted by Crippen LogP contribution is 2.57. The van der Waals surface area contributed by atoms with Gasteiger partial charge in [-0.15, -0.1) is 0 Å². The molecule has 0 unspecified atom stereocenters. The number of benzene rings is 19. The quantitative estimate of drug-likeness (QED) is 0.0851. The molecule has 0 atom stereocenters. The Bertz CT molecular complexity index is 8130. The predicted molar refractivity (Wildman–Crippen MR) is 599 cm³/mol. The van der Waals surface area contributed by atoms with Crippen LogP contribution in [0.3, 0.4) is 0 Å². The van der Waals surface area contributed by atoms with Crippen LogP contribution in [-0.4, -0.2) is 15.8 Å². The van der Waals surface area contributed by atoms with Crippen LogP contribution in [0.4, 0.5) is 34.1 Å². The zero-order valence-corrected chi connectivity index (χ0v) is 82.3. The number of hydrogen-bond acceptors (Lipinski definition) is 3. The average molecular weight is 1810 g/mol. The fraction of sp³-hybridized carbons (Fsp3) is 0.149. The molecule has 140 heavy (non-hydrogen) atoms. The summed E-state index contributed by atoms with van der Waals surface area (Å²) < 4.78 is 12.0. The third kappa shape index (κ3) is 15.0. The zero-order valence-electron chi connectivity index (χ0n) is 82.3. The Morgan fingerprint density at radius 1 is 0.221 bits per heavy atom. The van der Waals surface area contributed by atoms with E-state index in [9.17, 15) is 0 Å². The van der Waals surface area contributed by atoms with Crippen LogP contribution in [0.2, 0.25) is 0 Å². The summed E-state index contributed by atoms with van der Waals surface area (Å²) in [5.74, 6) is 1.28. The van der Waals surface area contributed by atoms with Gasteiger partial charge >= 0.3 is 0 Å². The van der Waals surface area contributed by atoms with Gasteiger partial charge in [0.15, 0.2) is 0 Å². The Balaban J connectivity index is 0.881. The number of anilines is 6. The molecule has 6 heteroatoms. The monoisotopic (exact) mass is 1800 g/mol. The fourth-order valence-electron chi connectivity index (χ4n) is 22.4. The molecule has 5 nitrogen and oxygen atoms in total. The summed E-state index contributed by atoms with van der Waals surface area (Å²) in [6.07, 6.45) is 0. The molecule has 0 aliphatic carbocycles. The summed E-state index contributed by atoms with van der Waals surface area (Å²) >= 11 is 0. The van der Waals surface area contributed by atoms with Crippen LogP contribution in [0.25, 0.3) is 177 Å². The summed E-state index contributed by atoms with van der Waals surface area (Å²) in [6.45, 7) is 32.5. The van der Waals surface area contributed by atoms with E-state index >= 15 is 0 Å². The number of nitrogens with zero attached hydrogens (tertiary/aromatic N) is 4. The minimum atomic E-state index is -0.383. The van der Waals surface area contributed by atoms with Crippen molar-refractivity contribution in [2.75, 3.05) is 9.80 Å². The summed E-state index contributed by atoms with van der Waals surface area (Å²) in [5.41, 5.74) is 45.9. The predicted octanol–water partition coefficient (Wildman–Crippen LogP) is 36.0. The zero-order chi connectivity index (χ0) is 95.4. The van der Waals surface area contributed by atoms with Crippen molar-refractivity contribution in [3.63, 3.8) is 0 Å². The van der Waals surface area contributed by atoms with E-state index in [-0.39, 0.29) is 17.5 Å². The number of aromatic nitrogens is 2. The highest BCUT2D eigenvalue weighted by Gasteiger charge is 2.47. The summed E-state index contributed by atoms with van der Waals surface area (Å²) in [6, 6.07) is 157. The van der Waals surface area contributed by atoms with Gasteiger partial charge in [-0.1, -0.05) is 352 Å². The number of para-hydroxylation sites is 1. The highest BCUT2D eigenvalue weighted by atomic mass is 16.3. The molecule has 22 aromatic rings. The van der Waals surface area contributed by atoms with E-state index in [1.165, 1.54) is 116 Å². The first-order valence-corrected chi connectivity index (χ1v) is 50.1. The van der Waals surface area contributed by atoms with E-state index in [0.29, 0.717) is 23.7 Å². The minimum Gasteiger partial charge on any atom is -0.456 e. The van der Waals surface area contributed by atoms with Crippen LogP contribution in [0.15, 0.2) is 411 Å². The SMILES string of the molecule is CC(C)c1ccc2c(c1)c1cc(C(C)C)ccc1n2-c1ccc2c(c1)N(c1c(-c3ccccc3)cc(C(C)(C)C)cc1-c1cccc(-c3cccc(-c4ccccc4)c3)c1)c1cc(-c3ccc4oc5ccccc5c4c3)cc3c1B2c1ccc(-n2c4ccc(C(C)C)cc4c4cc(C(C)C)ccc42)cc1N3c1c(-c2ccccc2)cc(C(C)(C)C)cc1-c1cccc(-c2cccc(-c3ccccc3)c2)c1. The van der Waals surface area contributed by atoms with E-state index in [2.05, 4.69) is 522 Å². The van der Waals surface area contributed by atoms with Gasteiger partial charge in [0.1, 0.15) is 11.2 Å². The molecule has 0 saturated heterocycles. The Morgan fingerprint density at radius 2 is 0.529 bits per heavy atom. The maximum absolute atomic E-state index is 6.88. The van der Waals surface area contributed by atoms with Crippen molar-refractivity contribution in [3.8, 4) is 112 Å². The van der Waals surface area contributed by atoms with Gasteiger partial charge in [-0.05, 0) is 314 Å². The van der Waals surface area contributed by atoms with Crippen molar-refractivity contribution < 1.29 is 4.42 Å². The van der Waals surface area contributed by atoms with E-state index in [0.717, 1.165) is 145 Å². The number of hydrogen-bond donors (Lipinski definition) is 0. The molecule has 2 aliphatic heterocycles. The van der Waals surface area contributed by atoms with Gasteiger partial charge in [0.25, 0.3) is 6.71 Å². The molecule has 0 saturated carbocycles. The van der Waals surface area contributed by atoms with Crippen LogP contribution in [0.5, 0.6) is 0 Å². The fourth-order valence-corrected chi connectivity index (χ4v) is 22.4. The molecule has 2 aliphatic rings. The number of fused-ring (bicyclic) bond motifs is 13. The van der Waals surface area contributed by atoms with E-state index in [1.807, 2.05) is 0 Å². The lowest BCUT2D eigenvalue weighted by atomic mass is 9.33. The van der Waals surface area contributed by atoms with E-state index in [4.69, 9.17) is 4.42 Å². The van der Waals surface area contributed by atoms with Gasteiger partial charge in [0.2, 0.25) is 0 Å². The maximum atomic E-state index is 6.88. The lowest BCUT2D eigenvalue weighted by molar-refractivity contribution is 0.590. The first kappa shape index (κ1) is 87.0. The Kier molecular flexibility index (Phi) is 21.2. The standard InChI is InChI=1S/C134H113BN4O/c1-82(2)90-51-60-120-113(69-90)114-70-91(83(3)4)52-61-121(114)136(120)106-56-58-118-124(80-106)138(131-109(88-37-23-17-24-38-88)76-104(133(9,10)11)78-111(131)101-47-31-45-98(67-101)96-43-29-41-94(65-96)86-33-19-15-20-34-86)126-74-103(100-55-64-129-117(73-100)108-49-27-28-50-128(108)140-129)75-127-130(126)135(118)119-59-57-107(137-122-62-53-92(84(5)6)71-115(122)116-72-93(85(7)8)54-63-123(116)137)81-125(119)139(127)132-110(89-39-25-18-26-40-89)77-105(134(12,13)14)79-112(132)102-48-32-46-99(68-102)97-44-30-42-95(66-97)87-35-21-16-22-36-87/h15-85H,1-14H3. The van der Waals surface area contributed by atoms with Crippen LogP contribution in [0, 0.1) is 0 Å². The van der Waals surface area contributed by atoms with E-state index in [1.54, 1.807) is 0 Å². The number of rotatable bonds is 17. The lowest BCUT2D eigenvalue weighted by Crippen LogP contribution is -2.61.